The Kier molecular flexibility index (Phi) is 3.42. The van der Waals surface area contributed by atoms with Crippen molar-refractivity contribution < 1.29 is 8.42 Å². The average Bonchev–Trinajstić information content (AvgIpc) is 2.74. The van der Waals surface area contributed by atoms with Crippen LogP contribution in [0.25, 0.3) is 10.9 Å². The maximum absolute atomic E-state index is 13.1. The molecule has 2 N–H and O–H groups in total. The van der Waals surface area contributed by atoms with Crippen LogP contribution in [-0.4, -0.2) is 13.0 Å². The molecular formula is C16H15ClN2O2S. The maximum atomic E-state index is 13.1. The monoisotopic (exact) mass is 334 g/mol. The minimum atomic E-state index is -3.76. The zero-order chi connectivity index (χ0) is 16.1. The number of sulfone groups is 1. The molecule has 3 rings (SSSR count). The molecule has 0 radical (unpaired) electrons. The number of rotatable bonds is 2. The molecule has 0 saturated carbocycles. The quantitative estimate of drug-likeness (QED) is 0.729. The minimum Gasteiger partial charge on any atom is -0.399 e. The highest BCUT2D eigenvalue weighted by Gasteiger charge is 2.28. The molecule has 1 aromatic heterocycles. The van der Waals surface area contributed by atoms with Crippen LogP contribution < -0.4 is 5.73 Å². The molecule has 4 nitrogen and oxygen atoms in total. The molecule has 0 bridgehead atoms. The van der Waals surface area contributed by atoms with Gasteiger partial charge in [0, 0.05) is 29.3 Å². The van der Waals surface area contributed by atoms with E-state index in [1.165, 1.54) is 12.1 Å². The summed E-state index contributed by atoms with van der Waals surface area (Å²) in [5.41, 5.74) is 7.62. The summed E-state index contributed by atoms with van der Waals surface area (Å²) in [6.07, 6.45) is 0. The second-order valence-electron chi connectivity index (χ2n) is 5.18. The predicted molar refractivity (Wildman–Crippen MR) is 89.0 cm³/mol. The summed E-state index contributed by atoms with van der Waals surface area (Å²) >= 11 is 6.10. The van der Waals surface area contributed by atoms with Gasteiger partial charge in [-0.15, -0.1) is 0 Å². The van der Waals surface area contributed by atoms with Crippen LogP contribution in [-0.2, 0) is 16.9 Å². The van der Waals surface area contributed by atoms with E-state index in [-0.39, 0.29) is 14.8 Å². The first-order chi connectivity index (χ1) is 10.3. The number of halogens is 1. The lowest BCUT2D eigenvalue weighted by Crippen LogP contribution is -2.06. The summed E-state index contributed by atoms with van der Waals surface area (Å²) in [6, 6.07) is 11.9. The summed E-state index contributed by atoms with van der Waals surface area (Å²) in [4.78, 5) is 0.312. The van der Waals surface area contributed by atoms with Gasteiger partial charge in [-0.3, -0.25) is 0 Å². The van der Waals surface area contributed by atoms with E-state index in [0.29, 0.717) is 16.8 Å². The number of nitrogens with two attached hydrogens (primary N) is 1. The van der Waals surface area contributed by atoms with Crippen molar-refractivity contribution in [3.63, 3.8) is 0 Å². The largest absolute Gasteiger partial charge is 0.399 e. The third-order valence-electron chi connectivity index (χ3n) is 3.86. The van der Waals surface area contributed by atoms with Gasteiger partial charge in [-0.2, -0.15) is 0 Å². The molecule has 22 heavy (non-hydrogen) atoms. The van der Waals surface area contributed by atoms with Crippen molar-refractivity contribution in [1.29, 1.82) is 0 Å². The van der Waals surface area contributed by atoms with Crippen LogP contribution in [0.4, 0.5) is 5.69 Å². The Morgan fingerprint density at radius 2 is 1.82 bits per heavy atom. The highest BCUT2D eigenvalue weighted by molar-refractivity contribution is 7.92. The predicted octanol–water partition coefficient (Wildman–Crippen LogP) is 3.56. The first-order valence-electron chi connectivity index (χ1n) is 6.68. The Bertz CT molecular complexity index is 991. The lowest BCUT2D eigenvalue weighted by molar-refractivity contribution is 0.596. The number of hydrogen-bond acceptors (Lipinski definition) is 3. The molecule has 1 heterocycles. The van der Waals surface area contributed by atoms with E-state index in [1.54, 1.807) is 19.1 Å². The molecule has 114 valence electrons. The molecule has 0 fully saturated rings. The maximum Gasteiger partial charge on any atom is 0.210 e. The van der Waals surface area contributed by atoms with Crippen molar-refractivity contribution in [2.75, 3.05) is 5.73 Å². The van der Waals surface area contributed by atoms with Crippen molar-refractivity contribution in [2.24, 2.45) is 7.05 Å². The Morgan fingerprint density at radius 3 is 2.55 bits per heavy atom. The first-order valence-corrected chi connectivity index (χ1v) is 8.54. The van der Waals surface area contributed by atoms with Gasteiger partial charge in [0.2, 0.25) is 9.84 Å². The van der Waals surface area contributed by atoms with Crippen molar-refractivity contribution in [1.82, 2.24) is 4.57 Å². The van der Waals surface area contributed by atoms with Crippen molar-refractivity contribution in [3.8, 4) is 0 Å². The zero-order valence-corrected chi connectivity index (χ0v) is 13.7. The first kappa shape index (κ1) is 14.9. The van der Waals surface area contributed by atoms with E-state index in [1.807, 2.05) is 29.8 Å². The Hall–Kier alpha value is -1.98. The Balaban J connectivity index is 2.40. The summed E-state index contributed by atoms with van der Waals surface area (Å²) in [5, 5.41) is 0.850. The van der Waals surface area contributed by atoms with Gasteiger partial charge in [-0.1, -0.05) is 29.8 Å². The second-order valence-corrected chi connectivity index (χ2v) is 7.45. The molecule has 0 aliphatic rings. The number of nitrogens with zero attached hydrogens (tertiary/aromatic N) is 1. The summed E-state index contributed by atoms with van der Waals surface area (Å²) < 4.78 is 28.1. The zero-order valence-electron chi connectivity index (χ0n) is 12.2. The summed E-state index contributed by atoms with van der Waals surface area (Å²) in [5.74, 6) is 0. The smallest absolute Gasteiger partial charge is 0.210 e. The molecule has 0 saturated heterocycles. The van der Waals surface area contributed by atoms with Gasteiger partial charge in [0.1, 0.15) is 4.90 Å². The van der Waals surface area contributed by atoms with Crippen molar-refractivity contribution in [3.05, 3.63) is 53.2 Å². The number of fused-ring (bicyclic) bond motifs is 1. The van der Waals surface area contributed by atoms with Crippen LogP contribution in [0, 0.1) is 6.92 Å². The Labute approximate surface area is 134 Å². The molecule has 0 atom stereocenters. The molecule has 0 spiro atoms. The van der Waals surface area contributed by atoms with Crippen LogP contribution in [0.2, 0.25) is 5.02 Å². The molecule has 6 heteroatoms. The van der Waals surface area contributed by atoms with Crippen LogP contribution >= 0.6 is 11.6 Å². The summed E-state index contributed by atoms with van der Waals surface area (Å²) in [7, 11) is -1.92. The number of para-hydroxylation sites is 1. The van der Waals surface area contributed by atoms with E-state index in [9.17, 15) is 8.42 Å². The van der Waals surface area contributed by atoms with Crippen molar-refractivity contribution in [2.45, 2.75) is 16.7 Å². The fraction of sp³-hybridized carbons (Fsp3) is 0.125. The van der Waals surface area contributed by atoms with Gasteiger partial charge in [0.05, 0.1) is 9.92 Å². The number of hydrogen-bond donors (Lipinski definition) is 1. The second kappa shape index (κ2) is 5.04. The van der Waals surface area contributed by atoms with E-state index in [0.717, 1.165) is 5.52 Å². The number of aryl methyl sites for hydroxylation is 1. The third-order valence-corrected chi connectivity index (χ3v) is 6.27. The molecular weight excluding hydrogens is 320 g/mol. The number of benzene rings is 2. The fourth-order valence-electron chi connectivity index (χ4n) is 2.66. The highest BCUT2D eigenvalue weighted by Crippen LogP contribution is 2.36. The van der Waals surface area contributed by atoms with Gasteiger partial charge >= 0.3 is 0 Å². The van der Waals surface area contributed by atoms with Crippen molar-refractivity contribution >= 4 is 38.0 Å². The van der Waals surface area contributed by atoms with Gasteiger partial charge in [-0.25, -0.2) is 8.42 Å². The van der Waals surface area contributed by atoms with Crippen LogP contribution in [0.3, 0.4) is 0 Å². The molecule has 0 aliphatic carbocycles. The normalized spacial score (nSPS) is 12.0. The molecule has 2 aromatic carbocycles. The number of nitrogen functional groups attached to an aromatic ring is 1. The average molecular weight is 335 g/mol. The molecule has 0 unspecified atom stereocenters. The van der Waals surface area contributed by atoms with Crippen LogP contribution in [0.1, 0.15) is 5.69 Å². The molecule has 3 aromatic rings. The van der Waals surface area contributed by atoms with Gasteiger partial charge in [0.15, 0.2) is 0 Å². The van der Waals surface area contributed by atoms with E-state index < -0.39 is 9.84 Å². The minimum absolute atomic E-state index is 0.0358. The van der Waals surface area contributed by atoms with E-state index in [2.05, 4.69) is 0 Å². The van der Waals surface area contributed by atoms with E-state index in [4.69, 9.17) is 17.3 Å². The lowest BCUT2D eigenvalue weighted by atomic mass is 10.2. The standard InChI is InChI=1S/C16H15ClN2O2S/c1-10-16(12-5-3-4-6-14(12)19(10)2)22(20,21)15-9-11(18)7-8-13(15)17/h3-9H,18H2,1-2H3. The third kappa shape index (κ3) is 2.09. The fourth-order valence-corrected chi connectivity index (χ4v) is 4.91. The summed E-state index contributed by atoms with van der Waals surface area (Å²) in [6.45, 7) is 1.78. The number of aromatic nitrogens is 1. The molecule has 0 aliphatic heterocycles. The lowest BCUT2D eigenvalue weighted by Gasteiger charge is -2.08. The Morgan fingerprint density at radius 1 is 1.14 bits per heavy atom. The molecule has 0 amide bonds. The topological polar surface area (TPSA) is 65.1 Å². The van der Waals surface area contributed by atoms with Crippen LogP contribution in [0.15, 0.2) is 52.3 Å². The van der Waals surface area contributed by atoms with E-state index >= 15 is 0 Å². The van der Waals surface area contributed by atoms with Gasteiger partial charge in [0.25, 0.3) is 0 Å². The van der Waals surface area contributed by atoms with Gasteiger partial charge in [-0.05, 0) is 31.2 Å². The number of anilines is 1. The van der Waals surface area contributed by atoms with Gasteiger partial charge < -0.3 is 10.3 Å². The SMILES string of the molecule is Cc1c(S(=O)(=O)c2cc(N)ccc2Cl)c2ccccc2n1C. The highest BCUT2D eigenvalue weighted by atomic mass is 35.5. The van der Waals surface area contributed by atoms with Crippen LogP contribution in [0.5, 0.6) is 0 Å².